The van der Waals surface area contributed by atoms with Gasteiger partial charge in [-0.15, -0.1) is 0 Å². The van der Waals surface area contributed by atoms with Crippen LogP contribution in [0.3, 0.4) is 0 Å². The number of hydrogen-bond donors (Lipinski definition) is 0. The summed E-state index contributed by atoms with van der Waals surface area (Å²) in [6.07, 6.45) is 2.47. The van der Waals surface area contributed by atoms with Crippen LogP contribution in [0.15, 0.2) is 11.1 Å². The Hall–Kier alpha value is -1.65. The molecule has 3 atom stereocenters. The summed E-state index contributed by atoms with van der Waals surface area (Å²) < 4.78 is 11.1. The summed E-state index contributed by atoms with van der Waals surface area (Å²) in [7, 11) is 1.39. The zero-order valence-electron chi connectivity index (χ0n) is 17.7. The SMILES string of the molecule is COC(=O)C12CC(C)(C)CC(C)(C1)C(OC(C)=O)C1=C2C(=O)CC(C)(C)C1. The van der Waals surface area contributed by atoms with Gasteiger partial charge in [0, 0.05) is 24.3 Å². The number of fused-ring (bicyclic) bond motifs is 3. The van der Waals surface area contributed by atoms with Gasteiger partial charge < -0.3 is 9.47 Å². The highest BCUT2D eigenvalue weighted by molar-refractivity contribution is 6.05. The van der Waals surface area contributed by atoms with E-state index in [0.29, 0.717) is 31.3 Å². The Morgan fingerprint density at radius 2 is 1.59 bits per heavy atom. The zero-order chi connectivity index (χ0) is 20.4. The molecule has 0 radical (unpaired) electrons. The first-order valence-corrected chi connectivity index (χ1v) is 9.78. The standard InChI is InChI=1S/C22H32O5/c1-13(23)27-17-14-8-19(2,3)9-15(24)16(14)22(18(25)26-7)11-20(4,5)10-21(17,6)12-22/h17H,8-12H2,1-7H3. The van der Waals surface area contributed by atoms with Gasteiger partial charge in [0.15, 0.2) is 5.78 Å². The molecule has 0 aromatic carbocycles. The molecule has 0 aliphatic heterocycles. The van der Waals surface area contributed by atoms with Gasteiger partial charge in [0.25, 0.3) is 0 Å². The van der Waals surface area contributed by atoms with Crippen LogP contribution in [0.1, 0.15) is 73.6 Å². The topological polar surface area (TPSA) is 69.7 Å². The molecule has 3 rings (SSSR count). The summed E-state index contributed by atoms with van der Waals surface area (Å²) in [5, 5.41) is 0. The van der Waals surface area contributed by atoms with Crippen LogP contribution in [0.25, 0.3) is 0 Å². The van der Waals surface area contributed by atoms with Gasteiger partial charge in [-0.3, -0.25) is 14.4 Å². The van der Waals surface area contributed by atoms with E-state index in [1.807, 2.05) is 0 Å². The zero-order valence-corrected chi connectivity index (χ0v) is 17.7. The Labute approximate surface area is 161 Å². The van der Waals surface area contributed by atoms with Gasteiger partial charge in [-0.05, 0) is 42.1 Å². The summed E-state index contributed by atoms with van der Waals surface area (Å²) in [6.45, 7) is 11.9. The molecule has 0 amide bonds. The van der Waals surface area contributed by atoms with Gasteiger partial charge in [-0.2, -0.15) is 0 Å². The number of esters is 2. The second-order valence-corrected chi connectivity index (χ2v) is 10.8. The van der Waals surface area contributed by atoms with E-state index in [-0.39, 0.29) is 28.6 Å². The van der Waals surface area contributed by atoms with E-state index in [1.165, 1.54) is 14.0 Å². The maximum absolute atomic E-state index is 13.3. The highest BCUT2D eigenvalue weighted by Gasteiger charge is 2.65. The summed E-state index contributed by atoms with van der Waals surface area (Å²) in [6, 6.07) is 0. The van der Waals surface area contributed by atoms with Crippen LogP contribution in [-0.2, 0) is 23.9 Å². The molecule has 150 valence electrons. The molecule has 5 nitrogen and oxygen atoms in total. The Morgan fingerprint density at radius 3 is 2.15 bits per heavy atom. The first-order chi connectivity index (χ1) is 12.3. The van der Waals surface area contributed by atoms with Gasteiger partial charge >= 0.3 is 11.9 Å². The molecule has 0 N–H and O–H groups in total. The molecule has 3 aliphatic carbocycles. The number of carbonyl (C=O) groups excluding carboxylic acids is 3. The maximum Gasteiger partial charge on any atom is 0.316 e. The minimum atomic E-state index is -0.940. The van der Waals surface area contributed by atoms with Crippen LogP contribution in [0.5, 0.6) is 0 Å². The Kier molecular flexibility index (Phi) is 4.41. The molecule has 5 heteroatoms. The predicted molar refractivity (Wildman–Crippen MR) is 101 cm³/mol. The van der Waals surface area contributed by atoms with Gasteiger partial charge in [-0.25, -0.2) is 0 Å². The third-order valence-corrected chi connectivity index (χ3v) is 6.56. The minimum Gasteiger partial charge on any atom is -0.468 e. The third kappa shape index (κ3) is 3.13. The van der Waals surface area contributed by atoms with Crippen molar-refractivity contribution in [1.82, 2.24) is 0 Å². The normalized spacial score (nSPS) is 36.7. The van der Waals surface area contributed by atoms with Crippen LogP contribution in [0, 0.1) is 21.7 Å². The van der Waals surface area contributed by atoms with Crippen LogP contribution in [-0.4, -0.2) is 30.9 Å². The second-order valence-electron chi connectivity index (χ2n) is 10.8. The van der Waals surface area contributed by atoms with E-state index in [2.05, 4.69) is 34.6 Å². The molecule has 0 aromatic heterocycles. The maximum atomic E-state index is 13.3. The van der Waals surface area contributed by atoms with E-state index in [4.69, 9.17) is 9.47 Å². The molecule has 0 spiro atoms. The smallest absolute Gasteiger partial charge is 0.316 e. The molecule has 3 unspecified atom stereocenters. The lowest BCUT2D eigenvalue weighted by atomic mass is 9.44. The fraction of sp³-hybridized carbons (Fsp3) is 0.773. The Balaban J connectivity index is 2.32. The molecule has 27 heavy (non-hydrogen) atoms. The van der Waals surface area contributed by atoms with E-state index in [0.717, 1.165) is 12.0 Å². The minimum absolute atomic E-state index is 0.00329. The molecular formula is C22H32O5. The first-order valence-electron chi connectivity index (χ1n) is 9.78. The van der Waals surface area contributed by atoms with E-state index in [1.54, 1.807) is 0 Å². The summed E-state index contributed by atoms with van der Waals surface area (Å²) in [5.74, 6) is -0.676. The number of hydrogen-bond acceptors (Lipinski definition) is 5. The molecule has 2 bridgehead atoms. The summed E-state index contributed by atoms with van der Waals surface area (Å²) in [5.41, 5.74) is -0.320. The average molecular weight is 376 g/mol. The number of methoxy groups -OCH3 is 1. The molecule has 3 aliphatic rings. The summed E-state index contributed by atoms with van der Waals surface area (Å²) in [4.78, 5) is 38.4. The number of ketones is 1. The van der Waals surface area contributed by atoms with Crippen molar-refractivity contribution in [3.63, 3.8) is 0 Å². The number of ether oxygens (including phenoxy) is 2. The number of carbonyl (C=O) groups is 3. The highest BCUT2D eigenvalue weighted by atomic mass is 16.5. The van der Waals surface area contributed by atoms with Crippen molar-refractivity contribution < 1.29 is 23.9 Å². The number of Topliss-reactive ketones (excluding diaryl/α,β-unsaturated/α-hetero) is 1. The van der Waals surface area contributed by atoms with Crippen molar-refractivity contribution in [3.8, 4) is 0 Å². The lowest BCUT2D eigenvalue weighted by Crippen LogP contribution is -2.59. The molecule has 1 saturated carbocycles. The molecule has 0 heterocycles. The Morgan fingerprint density at radius 1 is 0.963 bits per heavy atom. The van der Waals surface area contributed by atoms with Gasteiger partial charge in [0.1, 0.15) is 6.10 Å². The van der Waals surface area contributed by atoms with Crippen LogP contribution in [0.4, 0.5) is 0 Å². The number of rotatable bonds is 2. The summed E-state index contributed by atoms with van der Waals surface area (Å²) >= 11 is 0. The third-order valence-electron chi connectivity index (χ3n) is 6.56. The molecule has 0 aromatic rings. The van der Waals surface area contributed by atoms with E-state index >= 15 is 0 Å². The van der Waals surface area contributed by atoms with Gasteiger partial charge in [0.2, 0.25) is 0 Å². The van der Waals surface area contributed by atoms with Crippen molar-refractivity contribution in [1.29, 1.82) is 0 Å². The van der Waals surface area contributed by atoms with Crippen LogP contribution >= 0.6 is 0 Å². The lowest BCUT2D eigenvalue weighted by Gasteiger charge is -2.59. The Bertz CT molecular complexity index is 744. The average Bonchev–Trinajstić information content (AvgIpc) is 2.46. The second kappa shape index (κ2) is 5.92. The largest absolute Gasteiger partial charge is 0.468 e. The fourth-order valence-electron chi connectivity index (χ4n) is 6.56. The first kappa shape index (κ1) is 20.1. The lowest BCUT2D eigenvalue weighted by molar-refractivity contribution is -0.174. The van der Waals surface area contributed by atoms with Crippen molar-refractivity contribution in [2.24, 2.45) is 21.7 Å². The van der Waals surface area contributed by atoms with Crippen molar-refractivity contribution in [3.05, 3.63) is 11.1 Å². The monoisotopic (exact) mass is 376 g/mol. The van der Waals surface area contributed by atoms with Crippen LogP contribution in [0.2, 0.25) is 0 Å². The highest BCUT2D eigenvalue weighted by Crippen LogP contribution is 2.66. The van der Waals surface area contributed by atoms with Crippen molar-refractivity contribution in [2.75, 3.05) is 7.11 Å². The van der Waals surface area contributed by atoms with Gasteiger partial charge in [-0.1, -0.05) is 34.6 Å². The quantitative estimate of drug-likeness (QED) is 0.682. The van der Waals surface area contributed by atoms with E-state index in [9.17, 15) is 14.4 Å². The van der Waals surface area contributed by atoms with Gasteiger partial charge in [0.05, 0.1) is 12.5 Å². The molecule has 1 fully saturated rings. The fourth-order valence-corrected chi connectivity index (χ4v) is 6.56. The predicted octanol–water partition coefficient (Wildman–Crippen LogP) is 3.99. The van der Waals surface area contributed by atoms with Crippen molar-refractivity contribution in [2.45, 2.75) is 79.8 Å². The van der Waals surface area contributed by atoms with Crippen LogP contribution < -0.4 is 0 Å². The van der Waals surface area contributed by atoms with Crippen molar-refractivity contribution >= 4 is 17.7 Å². The molecule has 0 saturated heterocycles. The van der Waals surface area contributed by atoms with E-state index < -0.39 is 16.9 Å². The molecular weight excluding hydrogens is 344 g/mol.